The van der Waals surface area contributed by atoms with Gasteiger partial charge in [-0.2, -0.15) is 0 Å². The molecule has 0 saturated carbocycles. The first-order valence-corrected chi connectivity index (χ1v) is 12.9. The van der Waals surface area contributed by atoms with Crippen molar-refractivity contribution in [1.82, 2.24) is 0 Å². The van der Waals surface area contributed by atoms with Crippen molar-refractivity contribution in [1.29, 1.82) is 0 Å². The molecule has 0 fully saturated rings. The second-order valence-corrected chi connectivity index (χ2v) is 10.3. The lowest BCUT2D eigenvalue weighted by Gasteiger charge is -2.22. The van der Waals surface area contributed by atoms with Gasteiger partial charge in [0.15, 0.2) is 0 Å². The number of thioether (sulfide) groups is 1. The van der Waals surface area contributed by atoms with E-state index in [1.54, 1.807) is 30.0 Å². The van der Waals surface area contributed by atoms with Crippen molar-refractivity contribution >= 4 is 50.7 Å². The van der Waals surface area contributed by atoms with E-state index >= 15 is 0 Å². The van der Waals surface area contributed by atoms with Gasteiger partial charge >= 0.3 is 0 Å². The molecule has 1 amide bonds. The predicted molar refractivity (Wildman–Crippen MR) is 131 cm³/mol. The standard InChI is InChI=1S/C23H23ClN2O4S2/c1-30-22-13-12-19(14-21(22)24)26(32(2,28)29)15-23(27)25-18-10-8-17(9-11-18)16-31-20-6-4-3-5-7-20/h3-14H,15-16H2,1-2H3,(H,25,27). The summed E-state index contributed by atoms with van der Waals surface area (Å²) in [7, 11) is -2.25. The molecule has 0 aliphatic heterocycles. The summed E-state index contributed by atoms with van der Waals surface area (Å²) in [6.45, 7) is -0.382. The molecular formula is C23H23ClN2O4S2. The number of hydrogen-bond acceptors (Lipinski definition) is 5. The zero-order valence-corrected chi connectivity index (χ0v) is 20.0. The van der Waals surface area contributed by atoms with E-state index in [1.165, 1.54) is 24.1 Å². The molecule has 0 spiro atoms. The smallest absolute Gasteiger partial charge is 0.245 e. The molecule has 0 aliphatic rings. The minimum atomic E-state index is -3.71. The first-order chi connectivity index (χ1) is 15.3. The highest BCUT2D eigenvalue weighted by molar-refractivity contribution is 7.98. The number of sulfonamides is 1. The van der Waals surface area contributed by atoms with Gasteiger partial charge < -0.3 is 10.1 Å². The number of methoxy groups -OCH3 is 1. The van der Waals surface area contributed by atoms with Gasteiger partial charge in [0.25, 0.3) is 0 Å². The lowest BCUT2D eigenvalue weighted by molar-refractivity contribution is -0.114. The Morgan fingerprint density at radius 3 is 2.34 bits per heavy atom. The molecule has 0 heterocycles. The second kappa shape index (κ2) is 10.8. The van der Waals surface area contributed by atoms with Crippen LogP contribution in [0.15, 0.2) is 77.7 Å². The number of carbonyl (C=O) groups excluding carboxylic acids is 1. The van der Waals surface area contributed by atoms with Gasteiger partial charge in [0.05, 0.1) is 24.1 Å². The predicted octanol–water partition coefficient (Wildman–Crippen LogP) is 5.05. The van der Waals surface area contributed by atoms with Crippen molar-refractivity contribution in [2.75, 3.05) is 29.5 Å². The van der Waals surface area contributed by atoms with E-state index in [1.807, 2.05) is 30.3 Å². The van der Waals surface area contributed by atoms with Crippen LogP contribution in [0.2, 0.25) is 5.02 Å². The van der Waals surface area contributed by atoms with Crippen LogP contribution in [0.4, 0.5) is 11.4 Å². The number of rotatable bonds is 9. The van der Waals surface area contributed by atoms with E-state index in [9.17, 15) is 13.2 Å². The number of carbonyl (C=O) groups is 1. The number of amides is 1. The molecule has 0 bridgehead atoms. The van der Waals surface area contributed by atoms with Gasteiger partial charge in [-0.05, 0) is 48.0 Å². The van der Waals surface area contributed by atoms with Crippen LogP contribution in [-0.2, 0) is 20.6 Å². The third kappa shape index (κ3) is 6.66. The van der Waals surface area contributed by atoms with E-state index in [0.717, 1.165) is 21.9 Å². The number of nitrogens with one attached hydrogen (secondary N) is 1. The van der Waals surface area contributed by atoms with Gasteiger partial charge in [0.2, 0.25) is 15.9 Å². The van der Waals surface area contributed by atoms with Crippen molar-refractivity contribution in [3.8, 4) is 5.75 Å². The fourth-order valence-corrected chi connectivity index (χ4v) is 4.88. The van der Waals surface area contributed by atoms with E-state index < -0.39 is 15.9 Å². The SMILES string of the molecule is COc1ccc(N(CC(=O)Nc2ccc(CSc3ccccc3)cc2)S(C)(=O)=O)cc1Cl. The van der Waals surface area contributed by atoms with E-state index in [4.69, 9.17) is 16.3 Å². The van der Waals surface area contributed by atoms with Crippen molar-refractivity contribution < 1.29 is 17.9 Å². The molecule has 9 heteroatoms. The quantitative estimate of drug-likeness (QED) is 0.425. The normalized spacial score (nSPS) is 11.1. The Morgan fingerprint density at radius 2 is 1.75 bits per heavy atom. The highest BCUT2D eigenvalue weighted by atomic mass is 35.5. The minimum absolute atomic E-state index is 0.253. The first kappa shape index (κ1) is 24.0. The summed E-state index contributed by atoms with van der Waals surface area (Å²) in [4.78, 5) is 13.8. The summed E-state index contributed by atoms with van der Waals surface area (Å²) in [5, 5.41) is 3.00. The summed E-state index contributed by atoms with van der Waals surface area (Å²) in [5.74, 6) is 0.755. The molecular weight excluding hydrogens is 468 g/mol. The molecule has 3 rings (SSSR count). The molecule has 0 saturated heterocycles. The summed E-state index contributed by atoms with van der Waals surface area (Å²) in [6, 6.07) is 22.1. The summed E-state index contributed by atoms with van der Waals surface area (Å²) >= 11 is 7.85. The maximum atomic E-state index is 12.6. The van der Waals surface area contributed by atoms with Gasteiger partial charge in [-0.1, -0.05) is 41.9 Å². The maximum Gasteiger partial charge on any atom is 0.245 e. The van der Waals surface area contributed by atoms with Crippen molar-refractivity contribution in [2.24, 2.45) is 0 Å². The topological polar surface area (TPSA) is 75.7 Å². The van der Waals surface area contributed by atoms with Gasteiger partial charge in [-0.25, -0.2) is 8.42 Å². The highest BCUT2D eigenvalue weighted by Gasteiger charge is 2.22. The van der Waals surface area contributed by atoms with Crippen LogP contribution in [0.1, 0.15) is 5.56 Å². The van der Waals surface area contributed by atoms with Crippen LogP contribution in [0.5, 0.6) is 5.75 Å². The molecule has 0 radical (unpaired) electrons. The lowest BCUT2D eigenvalue weighted by atomic mass is 10.2. The van der Waals surface area contributed by atoms with Crippen LogP contribution in [0.3, 0.4) is 0 Å². The Kier molecular flexibility index (Phi) is 8.06. The van der Waals surface area contributed by atoms with Gasteiger partial charge in [-0.15, -0.1) is 11.8 Å². The number of benzene rings is 3. The van der Waals surface area contributed by atoms with E-state index in [-0.39, 0.29) is 17.3 Å². The molecule has 1 N–H and O–H groups in total. The Bertz CT molecular complexity index is 1170. The van der Waals surface area contributed by atoms with Crippen molar-refractivity contribution in [3.63, 3.8) is 0 Å². The Labute approximate surface area is 197 Å². The molecule has 0 aromatic heterocycles. The number of halogens is 1. The average Bonchev–Trinajstić information content (AvgIpc) is 2.77. The molecule has 3 aromatic carbocycles. The first-order valence-electron chi connectivity index (χ1n) is 9.64. The average molecular weight is 491 g/mol. The highest BCUT2D eigenvalue weighted by Crippen LogP contribution is 2.30. The monoisotopic (exact) mass is 490 g/mol. The zero-order chi connectivity index (χ0) is 23.1. The van der Waals surface area contributed by atoms with Crippen LogP contribution in [-0.4, -0.2) is 34.2 Å². The Morgan fingerprint density at radius 1 is 1.06 bits per heavy atom. The number of ether oxygens (including phenoxy) is 1. The zero-order valence-electron chi connectivity index (χ0n) is 17.6. The molecule has 0 aliphatic carbocycles. The maximum absolute atomic E-state index is 12.6. The fraction of sp³-hybridized carbons (Fsp3) is 0.174. The van der Waals surface area contributed by atoms with E-state index in [0.29, 0.717) is 11.4 Å². The van der Waals surface area contributed by atoms with E-state index in [2.05, 4.69) is 17.4 Å². The second-order valence-electron chi connectivity index (χ2n) is 6.94. The van der Waals surface area contributed by atoms with Gasteiger partial charge in [-0.3, -0.25) is 9.10 Å². The molecule has 0 atom stereocenters. The summed E-state index contributed by atoms with van der Waals surface area (Å²) < 4.78 is 30.7. The summed E-state index contributed by atoms with van der Waals surface area (Å²) in [5.41, 5.74) is 1.98. The van der Waals surface area contributed by atoms with Crippen LogP contribution in [0.25, 0.3) is 0 Å². The molecule has 168 valence electrons. The number of anilines is 2. The molecule has 32 heavy (non-hydrogen) atoms. The number of nitrogens with zero attached hydrogens (tertiary/aromatic N) is 1. The Balaban J connectivity index is 1.64. The number of hydrogen-bond donors (Lipinski definition) is 1. The molecule has 0 unspecified atom stereocenters. The molecule has 3 aromatic rings. The lowest BCUT2D eigenvalue weighted by Crippen LogP contribution is -2.37. The van der Waals surface area contributed by atoms with Crippen molar-refractivity contribution in [2.45, 2.75) is 10.6 Å². The van der Waals surface area contributed by atoms with Gasteiger partial charge in [0.1, 0.15) is 12.3 Å². The molecule has 6 nitrogen and oxygen atoms in total. The fourth-order valence-electron chi connectivity index (χ4n) is 2.91. The minimum Gasteiger partial charge on any atom is -0.495 e. The third-order valence-electron chi connectivity index (χ3n) is 4.50. The van der Waals surface area contributed by atoms with Crippen molar-refractivity contribution in [3.05, 3.63) is 83.4 Å². The Hall–Kier alpha value is -2.68. The summed E-state index contributed by atoms with van der Waals surface area (Å²) in [6.07, 6.45) is 1.04. The van der Waals surface area contributed by atoms with Crippen LogP contribution < -0.4 is 14.4 Å². The largest absolute Gasteiger partial charge is 0.495 e. The third-order valence-corrected chi connectivity index (χ3v) is 7.02. The van der Waals surface area contributed by atoms with Crippen LogP contribution >= 0.6 is 23.4 Å². The van der Waals surface area contributed by atoms with Gasteiger partial charge in [0, 0.05) is 16.3 Å². The van der Waals surface area contributed by atoms with Crippen LogP contribution in [0, 0.1) is 0 Å².